The Bertz CT molecular complexity index is 1220. The summed E-state index contributed by atoms with van der Waals surface area (Å²) in [5, 5.41) is 0. The van der Waals surface area contributed by atoms with Gasteiger partial charge in [-0.2, -0.15) is 13.2 Å². The van der Waals surface area contributed by atoms with Crippen molar-refractivity contribution in [2.75, 3.05) is 0 Å². The average Bonchev–Trinajstić information content (AvgIpc) is 3.27. The van der Waals surface area contributed by atoms with Crippen molar-refractivity contribution in [3.63, 3.8) is 0 Å². The molecule has 2 aromatic carbocycles. The Hall–Kier alpha value is -4.33. The van der Waals surface area contributed by atoms with Gasteiger partial charge in [0.15, 0.2) is 0 Å². The number of esters is 2. The molecule has 0 aliphatic rings. The van der Waals surface area contributed by atoms with Crippen LogP contribution in [0.2, 0.25) is 0 Å². The molecule has 0 unspecified atom stereocenters. The summed E-state index contributed by atoms with van der Waals surface area (Å²) >= 11 is 0. The molecular formula is C25H17F3O5. The van der Waals surface area contributed by atoms with Gasteiger partial charge in [-0.3, -0.25) is 0 Å². The molecule has 33 heavy (non-hydrogen) atoms. The second-order valence-corrected chi connectivity index (χ2v) is 6.56. The van der Waals surface area contributed by atoms with Crippen LogP contribution in [0.25, 0.3) is 23.5 Å². The predicted octanol–water partition coefficient (Wildman–Crippen LogP) is 6.32. The van der Waals surface area contributed by atoms with Crippen molar-refractivity contribution in [3.05, 3.63) is 96.8 Å². The minimum absolute atomic E-state index is 0.132. The van der Waals surface area contributed by atoms with Crippen LogP contribution in [0.5, 0.6) is 11.5 Å². The molecule has 1 heterocycles. The fourth-order valence-corrected chi connectivity index (χ4v) is 2.76. The van der Waals surface area contributed by atoms with Gasteiger partial charge in [-0.15, -0.1) is 0 Å². The van der Waals surface area contributed by atoms with E-state index in [-0.39, 0.29) is 11.3 Å². The molecule has 0 saturated carbocycles. The number of carbonyl (C=O) groups excluding carboxylic acids is 2. The molecule has 1 aromatic heterocycles. The van der Waals surface area contributed by atoms with Crippen molar-refractivity contribution >= 4 is 24.1 Å². The van der Waals surface area contributed by atoms with E-state index >= 15 is 0 Å². The van der Waals surface area contributed by atoms with E-state index in [2.05, 4.69) is 13.2 Å². The lowest BCUT2D eigenvalue weighted by atomic mass is 10.1. The zero-order valence-electron chi connectivity index (χ0n) is 17.1. The van der Waals surface area contributed by atoms with E-state index in [1.807, 2.05) is 0 Å². The SMILES string of the molecule is C=CC(=O)Oc1ccc(-c2ccc(/C=C/c3ccc(OC(=O)C=C)cc3C(F)(F)F)o2)cc1. The van der Waals surface area contributed by atoms with Crippen molar-refractivity contribution in [3.8, 4) is 22.8 Å². The third-order valence-corrected chi connectivity index (χ3v) is 4.29. The maximum absolute atomic E-state index is 13.5. The summed E-state index contributed by atoms with van der Waals surface area (Å²) < 4.78 is 55.9. The van der Waals surface area contributed by atoms with Crippen LogP contribution in [0.15, 0.2) is 84.3 Å². The van der Waals surface area contributed by atoms with Gasteiger partial charge in [0, 0.05) is 17.7 Å². The van der Waals surface area contributed by atoms with Gasteiger partial charge < -0.3 is 13.9 Å². The third kappa shape index (κ3) is 6.10. The highest BCUT2D eigenvalue weighted by atomic mass is 19.4. The fraction of sp³-hybridized carbons (Fsp3) is 0.0400. The number of furan rings is 1. The second kappa shape index (κ2) is 9.86. The standard InChI is InChI=1S/C25H17F3O5/c1-3-23(29)32-19-10-7-17(8-11-19)22-14-13-18(31-22)9-5-16-6-12-20(33-24(30)4-2)15-21(16)25(26,27)28/h3-15H,1-2H2/b9-5+. The lowest BCUT2D eigenvalue weighted by Crippen LogP contribution is -2.09. The van der Waals surface area contributed by atoms with Crippen LogP contribution in [0, 0.1) is 0 Å². The zero-order chi connectivity index (χ0) is 24.0. The van der Waals surface area contributed by atoms with Gasteiger partial charge in [-0.05, 0) is 60.2 Å². The zero-order valence-corrected chi connectivity index (χ0v) is 17.1. The fourth-order valence-electron chi connectivity index (χ4n) is 2.76. The van der Waals surface area contributed by atoms with Gasteiger partial charge in [-0.25, -0.2) is 9.59 Å². The van der Waals surface area contributed by atoms with E-state index in [4.69, 9.17) is 13.9 Å². The summed E-state index contributed by atoms with van der Waals surface area (Å²) in [6, 6.07) is 12.9. The van der Waals surface area contributed by atoms with Crippen molar-refractivity contribution in [1.82, 2.24) is 0 Å². The molecule has 3 rings (SSSR count). The first kappa shape index (κ1) is 23.3. The number of alkyl halides is 3. The lowest BCUT2D eigenvalue weighted by Gasteiger charge is -2.12. The summed E-state index contributed by atoms with van der Waals surface area (Å²) in [6.45, 7) is 6.53. The van der Waals surface area contributed by atoms with Crippen LogP contribution in [0.3, 0.4) is 0 Å². The van der Waals surface area contributed by atoms with E-state index in [0.717, 1.165) is 18.2 Å². The largest absolute Gasteiger partial charge is 0.457 e. The predicted molar refractivity (Wildman–Crippen MR) is 116 cm³/mol. The van der Waals surface area contributed by atoms with E-state index in [1.165, 1.54) is 24.3 Å². The molecule has 0 bridgehead atoms. The summed E-state index contributed by atoms with van der Waals surface area (Å²) in [6.07, 6.45) is -0.116. The highest BCUT2D eigenvalue weighted by Gasteiger charge is 2.33. The Labute approximate surface area is 187 Å². The van der Waals surface area contributed by atoms with Gasteiger partial charge in [0.25, 0.3) is 0 Å². The molecule has 0 spiro atoms. The van der Waals surface area contributed by atoms with Gasteiger partial charge >= 0.3 is 18.1 Å². The van der Waals surface area contributed by atoms with Crippen LogP contribution in [0.4, 0.5) is 13.2 Å². The van der Waals surface area contributed by atoms with Crippen molar-refractivity contribution in [1.29, 1.82) is 0 Å². The summed E-state index contributed by atoms with van der Waals surface area (Å²) in [4.78, 5) is 22.5. The van der Waals surface area contributed by atoms with Crippen LogP contribution >= 0.6 is 0 Å². The molecule has 0 atom stereocenters. The number of hydrogen-bond donors (Lipinski definition) is 0. The topological polar surface area (TPSA) is 65.7 Å². The van der Waals surface area contributed by atoms with Crippen LogP contribution in [-0.4, -0.2) is 11.9 Å². The molecule has 8 heteroatoms. The number of ether oxygens (including phenoxy) is 2. The first-order chi connectivity index (χ1) is 15.7. The third-order valence-electron chi connectivity index (χ3n) is 4.29. The van der Waals surface area contributed by atoms with Crippen molar-refractivity contribution < 1.29 is 36.7 Å². The number of rotatable bonds is 7. The van der Waals surface area contributed by atoms with Crippen molar-refractivity contribution in [2.24, 2.45) is 0 Å². The quantitative estimate of drug-likeness (QED) is 0.238. The molecular weight excluding hydrogens is 437 g/mol. The van der Waals surface area contributed by atoms with Crippen LogP contribution in [0.1, 0.15) is 16.9 Å². The van der Waals surface area contributed by atoms with Crippen LogP contribution < -0.4 is 9.47 Å². The Morgan fingerprint density at radius 3 is 2.03 bits per heavy atom. The monoisotopic (exact) mass is 454 g/mol. The summed E-state index contributed by atoms with van der Waals surface area (Å²) in [5.74, 6) is -0.565. The van der Waals surface area contributed by atoms with E-state index in [1.54, 1.807) is 36.4 Å². The maximum atomic E-state index is 13.5. The summed E-state index contributed by atoms with van der Waals surface area (Å²) in [5.41, 5.74) is -0.422. The average molecular weight is 454 g/mol. The Balaban J connectivity index is 1.80. The minimum Gasteiger partial charge on any atom is -0.457 e. The van der Waals surface area contributed by atoms with Crippen LogP contribution in [-0.2, 0) is 15.8 Å². The maximum Gasteiger partial charge on any atom is 0.417 e. The minimum atomic E-state index is -4.67. The lowest BCUT2D eigenvalue weighted by molar-refractivity contribution is -0.138. The first-order valence-corrected chi connectivity index (χ1v) is 9.47. The van der Waals surface area contributed by atoms with E-state index < -0.39 is 23.7 Å². The molecule has 0 amide bonds. The van der Waals surface area contributed by atoms with Gasteiger partial charge in [0.2, 0.25) is 0 Å². The second-order valence-electron chi connectivity index (χ2n) is 6.56. The van der Waals surface area contributed by atoms with Gasteiger partial charge in [-0.1, -0.05) is 25.3 Å². The Kier molecular flexibility index (Phi) is 6.97. The van der Waals surface area contributed by atoms with E-state index in [0.29, 0.717) is 22.8 Å². The number of benzene rings is 2. The normalized spacial score (nSPS) is 11.2. The van der Waals surface area contributed by atoms with Gasteiger partial charge in [0.1, 0.15) is 23.0 Å². The molecule has 0 aliphatic heterocycles. The molecule has 0 radical (unpaired) electrons. The molecule has 0 saturated heterocycles. The van der Waals surface area contributed by atoms with Gasteiger partial charge in [0.05, 0.1) is 5.56 Å². The first-order valence-electron chi connectivity index (χ1n) is 9.47. The number of halogens is 3. The molecule has 3 aromatic rings. The summed E-state index contributed by atoms with van der Waals surface area (Å²) in [7, 11) is 0. The molecule has 168 valence electrons. The molecule has 5 nitrogen and oxygen atoms in total. The van der Waals surface area contributed by atoms with Crippen molar-refractivity contribution in [2.45, 2.75) is 6.18 Å². The molecule has 0 fully saturated rings. The Morgan fingerprint density at radius 1 is 0.818 bits per heavy atom. The highest BCUT2D eigenvalue weighted by molar-refractivity contribution is 5.84. The number of carbonyl (C=O) groups is 2. The van der Waals surface area contributed by atoms with E-state index in [9.17, 15) is 22.8 Å². The smallest absolute Gasteiger partial charge is 0.417 e. The number of hydrogen-bond acceptors (Lipinski definition) is 5. The molecule has 0 N–H and O–H groups in total. The highest BCUT2D eigenvalue weighted by Crippen LogP contribution is 2.35. The molecule has 0 aliphatic carbocycles. The Morgan fingerprint density at radius 2 is 1.42 bits per heavy atom.